The molecule has 0 saturated carbocycles. The van der Waals surface area contributed by atoms with Crippen LogP contribution >= 0.6 is 0 Å². The minimum atomic E-state index is -3.59. The third-order valence-electron chi connectivity index (χ3n) is 4.08. The molecule has 0 aromatic heterocycles. The highest BCUT2D eigenvalue weighted by molar-refractivity contribution is 7.88. The Labute approximate surface area is 154 Å². The Hall–Kier alpha value is -2.38. The maximum atomic E-state index is 12.2. The maximum absolute atomic E-state index is 12.2. The fourth-order valence-corrected chi connectivity index (χ4v) is 3.79. The summed E-state index contributed by atoms with van der Waals surface area (Å²) in [5.41, 5.74) is 3.50. The Morgan fingerprint density at radius 2 is 1.65 bits per heavy atom. The summed E-state index contributed by atoms with van der Waals surface area (Å²) >= 11 is 0. The van der Waals surface area contributed by atoms with Gasteiger partial charge in [0, 0.05) is 6.54 Å². The fraction of sp³-hybridized carbons (Fsp3) is 0.316. The summed E-state index contributed by atoms with van der Waals surface area (Å²) in [5.74, 6) is 0.210. The summed E-state index contributed by atoms with van der Waals surface area (Å²) in [6.07, 6.45) is 0. The standard InChI is InChI=1S/C19H24N2O4S/c1-14-5-4-6-15(2)18(14)13-26(23,24)21-12-19(22)20-11-16-7-9-17(25-3)10-8-16/h4-10,21H,11-13H2,1-3H3,(H,20,22). The molecule has 0 aliphatic rings. The van der Waals surface area contributed by atoms with E-state index >= 15 is 0 Å². The van der Waals surface area contributed by atoms with Crippen LogP contribution < -0.4 is 14.8 Å². The third kappa shape index (κ3) is 5.86. The van der Waals surface area contributed by atoms with Crippen molar-refractivity contribution >= 4 is 15.9 Å². The first-order valence-corrected chi connectivity index (χ1v) is 9.88. The number of amides is 1. The fourth-order valence-electron chi connectivity index (χ4n) is 2.50. The van der Waals surface area contributed by atoms with Crippen LogP contribution in [-0.4, -0.2) is 28.0 Å². The van der Waals surface area contributed by atoms with Crippen molar-refractivity contribution in [2.75, 3.05) is 13.7 Å². The summed E-state index contributed by atoms with van der Waals surface area (Å²) in [7, 11) is -2.01. The van der Waals surface area contributed by atoms with Crippen LogP contribution in [0.5, 0.6) is 5.75 Å². The largest absolute Gasteiger partial charge is 0.497 e. The van der Waals surface area contributed by atoms with Crippen LogP contribution in [0.25, 0.3) is 0 Å². The minimum absolute atomic E-state index is 0.142. The lowest BCUT2D eigenvalue weighted by atomic mass is 10.1. The molecule has 0 aliphatic heterocycles. The van der Waals surface area contributed by atoms with Crippen molar-refractivity contribution in [2.24, 2.45) is 0 Å². The molecule has 140 valence electrons. The number of carbonyl (C=O) groups excluding carboxylic acids is 1. The van der Waals surface area contributed by atoms with Crippen LogP contribution in [-0.2, 0) is 27.1 Å². The number of carbonyl (C=O) groups is 1. The second-order valence-corrected chi connectivity index (χ2v) is 7.88. The molecular formula is C19H24N2O4S. The molecule has 26 heavy (non-hydrogen) atoms. The minimum Gasteiger partial charge on any atom is -0.497 e. The SMILES string of the molecule is COc1ccc(CNC(=O)CNS(=O)(=O)Cc2c(C)cccc2C)cc1. The van der Waals surface area contributed by atoms with Crippen molar-refractivity contribution in [1.82, 2.24) is 10.0 Å². The molecule has 2 aromatic carbocycles. The average molecular weight is 376 g/mol. The van der Waals surface area contributed by atoms with Gasteiger partial charge in [0.2, 0.25) is 15.9 Å². The van der Waals surface area contributed by atoms with Crippen molar-refractivity contribution in [3.05, 3.63) is 64.7 Å². The van der Waals surface area contributed by atoms with Gasteiger partial charge >= 0.3 is 0 Å². The summed E-state index contributed by atoms with van der Waals surface area (Å²) in [6.45, 7) is 3.78. The van der Waals surface area contributed by atoms with Gasteiger partial charge in [-0.25, -0.2) is 13.1 Å². The Kier molecular flexibility index (Phi) is 6.76. The van der Waals surface area contributed by atoms with Crippen LogP contribution in [0.2, 0.25) is 0 Å². The molecule has 2 aromatic rings. The molecule has 0 bridgehead atoms. The van der Waals surface area contributed by atoms with Crippen molar-refractivity contribution in [3.63, 3.8) is 0 Å². The summed E-state index contributed by atoms with van der Waals surface area (Å²) in [5, 5.41) is 2.69. The van der Waals surface area contributed by atoms with Crippen LogP contribution in [0.1, 0.15) is 22.3 Å². The number of rotatable bonds is 8. The topological polar surface area (TPSA) is 84.5 Å². The predicted molar refractivity (Wildman–Crippen MR) is 101 cm³/mol. The van der Waals surface area contributed by atoms with E-state index in [9.17, 15) is 13.2 Å². The monoisotopic (exact) mass is 376 g/mol. The Bertz CT molecular complexity index is 841. The number of hydrogen-bond acceptors (Lipinski definition) is 4. The van der Waals surface area contributed by atoms with E-state index in [1.54, 1.807) is 19.2 Å². The molecule has 0 aliphatic carbocycles. The lowest BCUT2D eigenvalue weighted by molar-refractivity contribution is -0.120. The van der Waals surface area contributed by atoms with Gasteiger partial charge in [0.25, 0.3) is 0 Å². The molecule has 6 nitrogen and oxygen atoms in total. The van der Waals surface area contributed by atoms with Crippen molar-refractivity contribution < 1.29 is 17.9 Å². The van der Waals surface area contributed by atoms with Crippen LogP contribution in [0.15, 0.2) is 42.5 Å². The predicted octanol–water partition coefficient (Wildman–Crippen LogP) is 2.05. The van der Waals surface area contributed by atoms with Gasteiger partial charge in [-0.05, 0) is 48.2 Å². The van der Waals surface area contributed by atoms with Crippen molar-refractivity contribution in [2.45, 2.75) is 26.1 Å². The third-order valence-corrected chi connectivity index (χ3v) is 5.33. The first-order valence-electron chi connectivity index (χ1n) is 8.23. The zero-order chi connectivity index (χ0) is 19.2. The van der Waals surface area contributed by atoms with E-state index in [2.05, 4.69) is 10.0 Å². The van der Waals surface area contributed by atoms with Gasteiger partial charge in [-0.1, -0.05) is 30.3 Å². The number of nitrogens with one attached hydrogen (secondary N) is 2. The number of aryl methyl sites for hydroxylation is 2. The van der Waals surface area contributed by atoms with E-state index in [-0.39, 0.29) is 18.2 Å². The number of methoxy groups -OCH3 is 1. The molecule has 0 unspecified atom stereocenters. The quantitative estimate of drug-likeness (QED) is 0.738. The normalized spacial score (nSPS) is 11.2. The zero-order valence-electron chi connectivity index (χ0n) is 15.2. The first-order chi connectivity index (χ1) is 12.3. The smallest absolute Gasteiger partial charge is 0.235 e. The number of benzene rings is 2. The summed E-state index contributed by atoms with van der Waals surface area (Å²) in [6, 6.07) is 12.9. The number of sulfonamides is 1. The second-order valence-electron chi connectivity index (χ2n) is 6.08. The Morgan fingerprint density at radius 1 is 1.04 bits per heavy atom. The number of ether oxygens (including phenoxy) is 1. The molecule has 0 fully saturated rings. The molecular weight excluding hydrogens is 352 g/mol. The van der Waals surface area contributed by atoms with Gasteiger partial charge in [0.15, 0.2) is 0 Å². The molecule has 0 atom stereocenters. The zero-order valence-corrected chi connectivity index (χ0v) is 16.0. The Balaban J connectivity index is 1.85. The molecule has 0 saturated heterocycles. The molecule has 2 N–H and O–H groups in total. The average Bonchev–Trinajstić information content (AvgIpc) is 2.62. The van der Waals surface area contributed by atoms with E-state index in [0.717, 1.165) is 28.0 Å². The molecule has 0 heterocycles. The van der Waals surface area contributed by atoms with Crippen molar-refractivity contribution in [3.8, 4) is 5.75 Å². The van der Waals surface area contributed by atoms with E-state index in [4.69, 9.17) is 4.74 Å². The lowest BCUT2D eigenvalue weighted by Gasteiger charge is -2.11. The van der Waals surface area contributed by atoms with Gasteiger partial charge in [-0.2, -0.15) is 0 Å². The van der Waals surface area contributed by atoms with Crippen LogP contribution in [0.3, 0.4) is 0 Å². The summed E-state index contributed by atoms with van der Waals surface area (Å²) < 4.78 is 31.9. The summed E-state index contributed by atoms with van der Waals surface area (Å²) in [4.78, 5) is 11.9. The highest BCUT2D eigenvalue weighted by atomic mass is 32.2. The van der Waals surface area contributed by atoms with Crippen LogP contribution in [0, 0.1) is 13.8 Å². The molecule has 0 spiro atoms. The molecule has 0 radical (unpaired) electrons. The number of hydrogen-bond donors (Lipinski definition) is 2. The van der Waals surface area contributed by atoms with Gasteiger partial charge in [-0.15, -0.1) is 0 Å². The van der Waals surface area contributed by atoms with Crippen molar-refractivity contribution in [1.29, 1.82) is 0 Å². The van der Waals surface area contributed by atoms with E-state index in [1.165, 1.54) is 0 Å². The molecule has 2 rings (SSSR count). The van der Waals surface area contributed by atoms with Gasteiger partial charge < -0.3 is 10.1 Å². The highest BCUT2D eigenvalue weighted by Gasteiger charge is 2.16. The van der Waals surface area contributed by atoms with Gasteiger partial charge in [0.1, 0.15) is 5.75 Å². The maximum Gasteiger partial charge on any atom is 0.235 e. The van der Waals surface area contributed by atoms with Crippen LogP contribution in [0.4, 0.5) is 0 Å². The van der Waals surface area contributed by atoms with E-state index < -0.39 is 10.0 Å². The Morgan fingerprint density at radius 3 is 2.23 bits per heavy atom. The van der Waals surface area contributed by atoms with E-state index in [0.29, 0.717) is 6.54 Å². The first kappa shape index (κ1) is 19.9. The lowest BCUT2D eigenvalue weighted by Crippen LogP contribution is -2.37. The highest BCUT2D eigenvalue weighted by Crippen LogP contribution is 2.16. The molecule has 1 amide bonds. The second kappa shape index (κ2) is 8.82. The van der Waals surface area contributed by atoms with Gasteiger partial charge in [0.05, 0.1) is 19.4 Å². The van der Waals surface area contributed by atoms with Gasteiger partial charge in [-0.3, -0.25) is 4.79 Å². The van der Waals surface area contributed by atoms with E-state index in [1.807, 2.05) is 44.2 Å². The molecule has 7 heteroatoms.